The molecule has 3 aliphatic heterocycles. The Morgan fingerprint density at radius 1 is 1.22 bits per heavy atom. The van der Waals surface area contributed by atoms with Crippen molar-refractivity contribution in [2.45, 2.75) is 45.6 Å². The number of β-amino-alcohol motifs (C(OH)–C–C–N with tert-alkyl or cyclic N) is 1. The van der Waals surface area contributed by atoms with Gasteiger partial charge in [-0.1, -0.05) is 11.6 Å². The summed E-state index contributed by atoms with van der Waals surface area (Å²) in [5, 5.41) is 15.4. The molecule has 7 heteroatoms. The molecule has 7 nitrogen and oxygen atoms in total. The minimum atomic E-state index is -0.278. The second-order valence-electron chi connectivity index (χ2n) is 8.17. The number of fused-ring (bicyclic) bond motifs is 1. The molecule has 150 valence electrons. The van der Waals surface area contributed by atoms with E-state index in [1.54, 1.807) is 0 Å². The molecule has 0 amide bonds. The van der Waals surface area contributed by atoms with Crippen LogP contribution in [0.25, 0.3) is 0 Å². The van der Waals surface area contributed by atoms with Gasteiger partial charge in [0.05, 0.1) is 37.3 Å². The zero-order valence-corrected chi connectivity index (χ0v) is 16.7. The Hall–Kier alpha value is -1.25. The molecule has 1 aromatic rings. The van der Waals surface area contributed by atoms with Crippen molar-refractivity contribution < 1.29 is 9.84 Å². The van der Waals surface area contributed by atoms with Gasteiger partial charge in [-0.05, 0) is 19.9 Å². The molecule has 0 spiro atoms. The molecular weight excluding hydrogens is 342 g/mol. The van der Waals surface area contributed by atoms with Gasteiger partial charge in [0.25, 0.3) is 0 Å². The molecule has 0 bridgehead atoms. The van der Waals surface area contributed by atoms with Crippen molar-refractivity contribution in [1.29, 1.82) is 0 Å². The fourth-order valence-corrected chi connectivity index (χ4v) is 4.51. The Bertz CT molecular complexity index is 667. The number of aliphatic hydroxyl groups is 1. The molecule has 1 aromatic heterocycles. The number of allylic oxidation sites excluding steroid dienone is 1. The molecule has 0 aromatic carbocycles. The molecule has 4 heterocycles. The summed E-state index contributed by atoms with van der Waals surface area (Å²) >= 11 is 0. The zero-order chi connectivity index (χ0) is 18.8. The first-order chi connectivity index (χ1) is 13.1. The lowest BCUT2D eigenvalue weighted by Crippen LogP contribution is -2.48. The topological polar surface area (TPSA) is 57.0 Å². The number of likely N-dealkylation sites (tertiary alicyclic amines) is 1. The first kappa shape index (κ1) is 19.1. The van der Waals surface area contributed by atoms with Crippen molar-refractivity contribution in [2.24, 2.45) is 0 Å². The Kier molecular flexibility index (Phi) is 5.94. The molecule has 0 radical (unpaired) electrons. The second-order valence-corrected chi connectivity index (χ2v) is 8.17. The van der Waals surface area contributed by atoms with Crippen LogP contribution in [0.15, 0.2) is 17.7 Å². The summed E-state index contributed by atoms with van der Waals surface area (Å²) in [7, 11) is 0. The third-order valence-electron chi connectivity index (χ3n) is 6.13. The van der Waals surface area contributed by atoms with E-state index in [4.69, 9.17) is 9.84 Å². The van der Waals surface area contributed by atoms with E-state index in [-0.39, 0.29) is 12.1 Å². The minimum absolute atomic E-state index is 0.227. The Balaban J connectivity index is 1.34. The summed E-state index contributed by atoms with van der Waals surface area (Å²) in [5.41, 5.74) is 3.86. The molecule has 0 saturated carbocycles. The van der Waals surface area contributed by atoms with Gasteiger partial charge in [0.2, 0.25) is 0 Å². The van der Waals surface area contributed by atoms with Crippen molar-refractivity contribution in [2.75, 3.05) is 52.5 Å². The van der Waals surface area contributed by atoms with E-state index in [0.29, 0.717) is 0 Å². The monoisotopic (exact) mass is 375 g/mol. The van der Waals surface area contributed by atoms with Gasteiger partial charge in [-0.2, -0.15) is 5.10 Å². The normalized spacial score (nSPS) is 28.6. The predicted octanol–water partition coefficient (Wildman–Crippen LogP) is 0.542. The summed E-state index contributed by atoms with van der Waals surface area (Å²) in [4.78, 5) is 7.22. The lowest BCUT2D eigenvalue weighted by atomic mass is 10.1. The van der Waals surface area contributed by atoms with Crippen LogP contribution in [0, 0.1) is 0 Å². The fraction of sp³-hybridized carbons (Fsp3) is 0.750. The smallest absolute Gasteiger partial charge is 0.0834 e. The van der Waals surface area contributed by atoms with Gasteiger partial charge in [0.1, 0.15) is 0 Å². The van der Waals surface area contributed by atoms with Crippen molar-refractivity contribution in [3.8, 4) is 0 Å². The highest BCUT2D eigenvalue weighted by Crippen LogP contribution is 2.21. The third-order valence-corrected chi connectivity index (χ3v) is 6.13. The van der Waals surface area contributed by atoms with E-state index in [1.165, 1.54) is 11.3 Å². The predicted molar refractivity (Wildman–Crippen MR) is 104 cm³/mol. The van der Waals surface area contributed by atoms with Crippen LogP contribution >= 0.6 is 0 Å². The van der Waals surface area contributed by atoms with Crippen LogP contribution in [0.3, 0.4) is 0 Å². The SMILES string of the molecule is C/C=C(\C)CN1CCn2nc(CN3C[C@H](O)[C@@H](N4CCOCC4)C3)cc2C1. The highest BCUT2D eigenvalue weighted by Gasteiger charge is 2.36. The number of aliphatic hydroxyl groups excluding tert-OH is 1. The van der Waals surface area contributed by atoms with Crippen LogP contribution in [0.5, 0.6) is 0 Å². The van der Waals surface area contributed by atoms with Crippen molar-refractivity contribution in [3.05, 3.63) is 29.1 Å². The number of hydrogen-bond donors (Lipinski definition) is 1. The minimum Gasteiger partial charge on any atom is -0.390 e. The lowest BCUT2D eigenvalue weighted by molar-refractivity contribution is -0.00618. The molecule has 3 aliphatic rings. The number of morpholine rings is 1. The Morgan fingerprint density at radius 3 is 2.81 bits per heavy atom. The van der Waals surface area contributed by atoms with Crippen LogP contribution in [0.1, 0.15) is 25.2 Å². The molecule has 0 unspecified atom stereocenters. The number of rotatable bonds is 5. The molecule has 2 atom stereocenters. The average molecular weight is 376 g/mol. The zero-order valence-electron chi connectivity index (χ0n) is 16.7. The average Bonchev–Trinajstić information content (AvgIpc) is 3.24. The van der Waals surface area contributed by atoms with Crippen molar-refractivity contribution in [3.63, 3.8) is 0 Å². The number of ether oxygens (including phenoxy) is 1. The van der Waals surface area contributed by atoms with Crippen LogP contribution in [-0.2, 0) is 24.4 Å². The van der Waals surface area contributed by atoms with E-state index in [0.717, 1.165) is 77.8 Å². The highest BCUT2D eigenvalue weighted by molar-refractivity contribution is 5.13. The van der Waals surface area contributed by atoms with Crippen LogP contribution in [0.4, 0.5) is 0 Å². The second kappa shape index (κ2) is 8.41. The molecule has 0 aliphatic carbocycles. The number of aromatic nitrogens is 2. The summed E-state index contributed by atoms with van der Waals surface area (Å²) in [6, 6.07) is 2.48. The number of hydrogen-bond acceptors (Lipinski definition) is 6. The first-order valence-electron chi connectivity index (χ1n) is 10.2. The maximum atomic E-state index is 10.5. The van der Waals surface area contributed by atoms with Crippen LogP contribution in [-0.4, -0.2) is 94.2 Å². The Labute approximate surface area is 162 Å². The largest absolute Gasteiger partial charge is 0.390 e. The van der Waals surface area contributed by atoms with Crippen LogP contribution < -0.4 is 0 Å². The van der Waals surface area contributed by atoms with Gasteiger partial charge in [-0.15, -0.1) is 0 Å². The maximum absolute atomic E-state index is 10.5. The summed E-state index contributed by atoms with van der Waals surface area (Å²) in [5.74, 6) is 0. The highest BCUT2D eigenvalue weighted by atomic mass is 16.5. The van der Waals surface area contributed by atoms with Gasteiger partial charge < -0.3 is 9.84 Å². The third kappa shape index (κ3) is 4.43. The van der Waals surface area contributed by atoms with Gasteiger partial charge in [-0.25, -0.2) is 0 Å². The van der Waals surface area contributed by atoms with Gasteiger partial charge >= 0.3 is 0 Å². The quantitative estimate of drug-likeness (QED) is 0.759. The van der Waals surface area contributed by atoms with Crippen molar-refractivity contribution >= 4 is 0 Å². The van der Waals surface area contributed by atoms with E-state index >= 15 is 0 Å². The van der Waals surface area contributed by atoms with E-state index < -0.39 is 0 Å². The summed E-state index contributed by atoms with van der Waals surface area (Å²) < 4.78 is 7.62. The van der Waals surface area contributed by atoms with Gasteiger partial charge in [0.15, 0.2) is 0 Å². The van der Waals surface area contributed by atoms with Gasteiger partial charge in [0, 0.05) is 58.4 Å². The summed E-state index contributed by atoms with van der Waals surface area (Å²) in [6.45, 7) is 14.2. The molecular formula is C20H33N5O2. The van der Waals surface area contributed by atoms with E-state index in [2.05, 4.69) is 45.4 Å². The fourth-order valence-electron chi connectivity index (χ4n) is 4.51. The van der Waals surface area contributed by atoms with E-state index in [9.17, 15) is 5.11 Å². The molecule has 2 saturated heterocycles. The lowest BCUT2D eigenvalue weighted by Gasteiger charge is -2.33. The maximum Gasteiger partial charge on any atom is 0.0834 e. The Morgan fingerprint density at radius 2 is 2.04 bits per heavy atom. The standard InChI is InChI=1S/C20H33N5O2/c1-3-16(2)11-22-4-5-25-18(13-22)10-17(21-25)12-23-14-19(20(26)15-23)24-6-8-27-9-7-24/h3,10,19-20,26H,4-9,11-15H2,1-2H3/b16-3+/t19-,20-/m0/s1. The molecule has 2 fully saturated rings. The number of nitrogens with zero attached hydrogens (tertiary/aromatic N) is 5. The molecule has 27 heavy (non-hydrogen) atoms. The molecule has 1 N–H and O–H groups in total. The van der Waals surface area contributed by atoms with E-state index in [1.807, 2.05) is 0 Å². The molecule has 4 rings (SSSR count). The summed E-state index contributed by atoms with van der Waals surface area (Å²) in [6.07, 6.45) is 1.92. The van der Waals surface area contributed by atoms with Crippen LogP contribution in [0.2, 0.25) is 0 Å². The van der Waals surface area contributed by atoms with Gasteiger partial charge in [-0.3, -0.25) is 19.4 Å². The van der Waals surface area contributed by atoms with Crippen molar-refractivity contribution in [1.82, 2.24) is 24.5 Å². The first-order valence-corrected chi connectivity index (χ1v) is 10.2.